The number of anilines is 2. The van der Waals surface area contributed by atoms with Gasteiger partial charge in [-0.05, 0) is 50.1 Å². The van der Waals surface area contributed by atoms with Gasteiger partial charge in [0.25, 0.3) is 0 Å². The molecule has 0 saturated heterocycles. The molecular formula is C22H31IN4O3. The van der Waals surface area contributed by atoms with Crippen molar-refractivity contribution in [2.45, 2.75) is 40.2 Å². The highest BCUT2D eigenvalue weighted by Gasteiger charge is 2.07. The maximum Gasteiger partial charge on any atom is 0.224 e. The predicted molar refractivity (Wildman–Crippen MR) is 133 cm³/mol. The maximum atomic E-state index is 11.6. The maximum absolute atomic E-state index is 11.6. The highest BCUT2D eigenvalue weighted by molar-refractivity contribution is 14.0. The summed E-state index contributed by atoms with van der Waals surface area (Å²) in [5.41, 5.74) is 8.52. The van der Waals surface area contributed by atoms with Crippen molar-refractivity contribution in [1.29, 1.82) is 0 Å². The Bertz CT molecular complexity index is 826. The van der Waals surface area contributed by atoms with Crippen LogP contribution in [0.15, 0.2) is 47.5 Å². The van der Waals surface area contributed by atoms with E-state index >= 15 is 0 Å². The van der Waals surface area contributed by atoms with Crippen LogP contribution in [-0.4, -0.2) is 25.1 Å². The quantitative estimate of drug-likeness (QED) is 0.236. The van der Waals surface area contributed by atoms with Gasteiger partial charge in [-0.3, -0.25) is 4.79 Å². The van der Waals surface area contributed by atoms with Gasteiger partial charge in [-0.1, -0.05) is 19.1 Å². The normalized spacial score (nSPS) is 10.7. The molecule has 8 heteroatoms. The topological polar surface area (TPSA) is 98.0 Å². The Labute approximate surface area is 195 Å². The van der Waals surface area contributed by atoms with Crippen molar-refractivity contribution in [2.24, 2.45) is 10.7 Å². The SMILES string of the molecule is CCCC(=O)Nc1ccc(CN=C(N)Nc2cc(OCC)ccc2OCC)cc1.I. The number of nitrogens with one attached hydrogen (secondary N) is 2. The number of carbonyl (C=O) groups is 1. The average molecular weight is 526 g/mol. The van der Waals surface area contributed by atoms with E-state index in [2.05, 4.69) is 15.6 Å². The number of nitrogens with two attached hydrogens (primary N) is 1. The molecule has 2 aromatic rings. The Hall–Kier alpha value is -2.49. The molecule has 164 valence electrons. The van der Waals surface area contributed by atoms with Crippen LogP contribution in [-0.2, 0) is 11.3 Å². The summed E-state index contributed by atoms with van der Waals surface area (Å²) >= 11 is 0. The highest BCUT2D eigenvalue weighted by atomic mass is 127. The smallest absolute Gasteiger partial charge is 0.224 e. The first-order chi connectivity index (χ1) is 14.0. The van der Waals surface area contributed by atoms with E-state index in [1.807, 2.05) is 63.2 Å². The van der Waals surface area contributed by atoms with E-state index in [9.17, 15) is 4.79 Å². The third-order valence-corrected chi connectivity index (χ3v) is 3.97. The van der Waals surface area contributed by atoms with Gasteiger partial charge < -0.3 is 25.8 Å². The van der Waals surface area contributed by atoms with Crippen LogP contribution < -0.4 is 25.8 Å². The molecule has 0 fully saturated rings. The predicted octanol–water partition coefficient (Wildman–Crippen LogP) is 4.77. The number of hydrogen-bond acceptors (Lipinski definition) is 4. The summed E-state index contributed by atoms with van der Waals surface area (Å²) < 4.78 is 11.2. The van der Waals surface area contributed by atoms with Gasteiger partial charge in [0, 0.05) is 18.2 Å². The second kappa shape index (κ2) is 13.7. The molecule has 0 aliphatic heterocycles. The van der Waals surface area contributed by atoms with Crippen LogP contribution >= 0.6 is 24.0 Å². The van der Waals surface area contributed by atoms with Gasteiger partial charge in [0.15, 0.2) is 5.96 Å². The zero-order valence-corrected chi connectivity index (χ0v) is 20.1. The first kappa shape index (κ1) is 25.5. The summed E-state index contributed by atoms with van der Waals surface area (Å²) in [5.74, 6) is 1.71. The molecule has 0 atom stereocenters. The van der Waals surface area contributed by atoms with Crippen molar-refractivity contribution >= 4 is 47.2 Å². The monoisotopic (exact) mass is 526 g/mol. The number of rotatable bonds is 10. The van der Waals surface area contributed by atoms with Crippen molar-refractivity contribution < 1.29 is 14.3 Å². The van der Waals surface area contributed by atoms with Crippen molar-refractivity contribution in [3.05, 3.63) is 48.0 Å². The molecular weight excluding hydrogens is 495 g/mol. The van der Waals surface area contributed by atoms with Gasteiger partial charge in [0.1, 0.15) is 11.5 Å². The molecule has 2 aromatic carbocycles. The van der Waals surface area contributed by atoms with Crippen LogP contribution in [0.1, 0.15) is 39.2 Å². The van der Waals surface area contributed by atoms with Crippen LogP contribution in [0.4, 0.5) is 11.4 Å². The fraction of sp³-hybridized carbons (Fsp3) is 0.364. The van der Waals surface area contributed by atoms with Gasteiger partial charge in [-0.2, -0.15) is 0 Å². The minimum absolute atomic E-state index is 0. The number of hydrogen-bond donors (Lipinski definition) is 3. The Balaban J connectivity index is 0.00000450. The first-order valence-corrected chi connectivity index (χ1v) is 9.91. The molecule has 7 nitrogen and oxygen atoms in total. The number of halogens is 1. The lowest BCUT2D eigenvalue weighted by Crippen LogP contribution is -2.23. The minimum Gasteiger partial charge on any atom is -0.494 e. The Morgan fingerprint density at radius 3 is 2.33 bits per heavy atom. The number of carbonyl (C=O) groups excluding carboxylic acids is 1. The van der Waals surface area contributed by atoms with Crippen molar-refractivity contribution in [3.8, 4) is 11.5 Å². The van der Waals surface area contributed by atoms with E-state index in [0.717, 1.165) is 23.4 Å². The number of amides is 1. The molecule has 30 heavy (non-hydrogen) atoms. The van der Waals surface area contributed by atoms with E-state index in [4.69, 9.17) is 15.2 Å². The van der Waals surface area contributed by atoms with Crippen LogP contribution in [0.25, 0.3) is 0 Å². The summed E-state index contributed by atoms with van der Waals surface area (Å²) in [6.07, 6.45) is 1.34. The van der Waals surface area contributed by atoms with Crippen molar-refractivity contribution in [2.75, 3.05) is 23.8 Å². The molecule has 2 rings (SSSR count). The average Bonchev–Trinajstić information content (AvgIpc) is 2.70. The summed E-state index contributed by atoms with van der Waals surface area (Å²) in [5, 5.41) is 5.95. The molecule has 0 aliphatic rings. The number of ether oxygens (including phenoxy) is 2. The number of benzene rings is 2. The lowest BCUT2D eigenvalue weighted by molar-refractivity contribution is -0.116. The molecule has 0 spiro atoms. The van der Waals surface area contributed by atoms with E-state index in [-0.39, 0.29) is 35.8 Å². The van der Waals surface area contributed by atoms with E-state index in [1.165, 1.54) is 0 Å². The van der Waals surface area contributed by atoms with Crippen molar-refractivity contribution in [1.82, 2.24) is 0 Å². The molecule has 0 heterocycles. The van der Waals surface area contributed by atoms with Gasteiger partial charge in [-0.25, -0.2) is 4.99 Å². The van der Waals surface area contributed by atoms with Gasteiger partial charge in [-0.15, -0.1) is 24.0 Å². The van der Waals surface area contributed by atoms with Crippen LogP contribution in [0, 0.1) is 0 Å². The first-order valence-electron chi connectivity index (χ1n) is 9.91. The Kier molecular flexibility index (Phi) is 11.7. The molecule has 0 aliphatic carbocycles. The number of nitrogens with zero attached hydrogens (tertiary/aromatic N) is 1. The molecule has 0 aromatic heterocycles. The minimum atomic E-state index is 0. The fourth-order valence-electron chi connectivity index (χ4n) is 2.64. The van der Waals surface area contributed by atoms with E-state index in [0.29, 0.717) is 37.6 Å². The number of guanidine groups is 1. The second-order valence-corrected chi connectivity index (χ2v) is 6.35. The van der Waals surface area contributed by atoms with Gasteiger partial charge in [0.2, 0.25) is 5.91 Å². The standard InChI is InChI=1S/C22H30N4O3.HI/c1-4-7-21(27)25-17-10-8-16(9-11-17)15-24-22(23)26-19-14-18(28-5-2)12-13-20(19)29-6-3;/h8-14H,4-7,15H2,1-3H3,(H,25,27)(H3,23,24,26);1H. The summed E-state index contributed by atoms with van der Waals surface area (Å²) in [4.78, 5) is 16.0. The fourth-order valence-corrected chi connectivity index (χ4v) is 2.64. The lowest BCUT2D eigenvalue weighted by Gasteiger charge is -2.14. The molecule has 0 bridgehead atoms. The highest BCUT2D eigenvalue weighted by Crippen LogP contribution is 2.29. The Morgan fingerprint density at radius 1 is 1.00 bits per heavy atom. The zero-order valence-electron chi connectivity index (χ0n) is 17.7. The van der Waals surface area contributed by atoms with Crippen LogP contribution in [0.5, 0.6) is 11.5 Å². The number of aliphatic imine (C=N–C) groups is 1. The summed E-state index contributed by atoms with van der Waals surface area (Å²) in [6, 6.07) is 13.1. The largest absolute Gasteiger partial charge is 0.494 e. The molecule has 0 saturated carbocycles. The Morgan fingerprint density at radius 2 is 1.70 bits per heavy atom. The van der Waals surface area contributed by atoms with E-state index < -0.39 is 0 Å². The van der Waals surface area contributed by atoms with Gasteiger partial charge >= 0.3 is 0 Å². The second-order valence-electron chi connectivity index (χ2n) is 6.35. The molecule has 4 N–H and O–H groups in total. The lowest BCUT2D eigenvalue weighted by atomic mass is 10.2. The molecule has 1 amide bonds. The van der Waals surface area contributed by atoms with Gasteiger partial charge in [0.05, 0.1) is 25.4 Å². The third-order valence-electron chi connectivity index (χ3n) is 3.97. The molecule has 0 unspecified atom stereocenters. The van der Waals surface area contributed by atoms with Crippen molar-refractivity contribution in [3.63, 3.8) is 0 Å². The summed E-state index contributed by atoms with van der Waals surface area (Å²) in [6.45, 7) is 7.36. The molecule has 0 radical (unpaired) electrons. The zero-order chi connectivity index (χ0) is 21.1. The third kappa shape index (κ3) is 8.48. The van der Waals surface area contributed by atoms with Crippen LogP contribution in [0.2, 0.25) is 0 Å². The summed E-state index contributed by atoms with van der Waals surface area (Å²) in [7, 11) is 0. The van der Waals surface area contributed by atoms with Crippen LogP contribution in [0.3, 0.4) is 0 Å². The van der Waals surface area contributed by atoms with E-state index in [1.54, 1.807) is 0 Å².